The molecule has 1 unspecified atom stereocenters. The van der Waals surface area contributed by atoms with E-state index in [0.29, 0.717) is 19.6 Å². The van der Waals surface area contributed by atoms with Gasteiger partial charge in [0.25, 0.3) is 0 Å². The van der Waals surface area contributed by atoms with Gasteiger partial charge in [-0.05, 0) is 30.2 Å². The highest BCUT2D eigenvalue weighted by Gasteiger charge is 2.34. The molecule has 0 radical (unpaired) electrons. The molecular weight excluding hydrogens is 366 g/mol. The predicted molar refractivity (Wildman–Crippen MR) is 108 cm³/mol. The Morgan fingerprint density at radius 1 is 1.17 bits per heavy atom. The number of carbonyl (C=O) groups is 2. The third kappa shape index (κ3) is 4.51. The maximum Gasteiger partial charge on any atom is 0.225 e. The summed E-state index contributed by atoms with van der Waals surface area (Å²) in [5.74, 6) is 0.361. The number of hydrogen-bond acceptors (Lipinski definition) is 4. The topological polar surface area (TPSA) is 80.1 Å². The van der Waals surface area contributed by atoms with Gasteiger partial charge in [-0.3, -0.25) is 14.2 Å². The number of nitrogens with one attached hydrogen (secondary N) is 1. The fourth-order valence-corrected chi connectivity index (χ4v) is 3.45. The number of amides is 2. The largest absolute Gasteiger partial charge is 0.352 e. The van der Waals surface area contributed by atoms with Crippen LogP contribution < -0.4 is 5.32 Å². The molecule has 0 saturated carbocycles. The van der Waals surface area contributed by atoms with Crippen LogP contribution in [0.1, 0.15) is 23.1 Å². The molecule has 29 heavy (non-hydrogen) atoms. The molecule has 1 aliphatic heterocycles. The molecule has 3 aromatic rings. The molecule has 2 amide bonds. The van der Waals surface area contributed by atoms with E-state index in [9.17, 15) is 9.59 Å². The Morgan fingerprint density at radius 3 is 2.76 bits per heavy atom. The van der Waals surface area contributed by atoms with E-state index in [1.807, 2.05) is 54.1 Å². The summed E-state index contributed by atoms with van der Waals surface area (Å²) in [6.45, 7) is 3.43. The van der Waals surface area contributed by atoms with Crippen molar-refractivity contribution in [1.29, 1.82) is 0 Å². The first-order chi connectivity index (χ1) is 14.1. The number of pyridine rings is 1. The lowest BCUT2D eigenvalue weighted by atomic mass is 10.1. The summed E-state index contributed by atoms with van der Waals surface area (Å²) in [5.41, 5.74) is 3.21. The Kier molecular flexibility index (Phi) is 5.37. The number of nitrogens with zero attached hydrogens (tertiary/aromatic N) is 4. The lowest BCUT2D eigenvalue weighted by molar-refractivity contribution is -0.129. The summed E-state index contributed by atoms with van der Waals surface area (Å²) in [4.78, 5) is 35.0. The highest BCUT2D eigenvalue weighted by Crippen LogP contribution is 2.21. The molecule has 3 heterocycles. The van der Waals surface area contributed by atoms with Crippen molar-refractivity contribution in [1.82, 2.24) is 24.8 Å². The van der Waals surface area contributed by atoms with Crippen LogP contribution >= 0.6 is 0 Å². The van der Waals surface area contributed by atoms with Crippen LogP contribution in [0.3, 0.4) is 0 Å². The number of benzene rings is 1. The molecule has 1 saturated heterocycles. The first-order valence-electron chi connectivity index (χ1n) is 9.63. The van der Waals surface area contributed by atoms with E-state index in [-0.39, 0.29) is 24.2 Å². The van der Waals surface area contributed by atoms with Gasteiger partial charge in [0.1, 0.15) is 12.1 Å². The van der Waals surface area contributed by atoms with Crippen molar-refractivity contribution in [2.24, 2.45) is 5.92 Å². The summed E-state index contributed by atoms with van der Waals surface area (Å²) in [6.07, 6.45) is 7.15. The van der Waals surface area contributed by atoms with Gasteiger partial charge in [0.2, 0.25) is 11.8 Å². The number of carbonyl (C=O) groups excluding carboxylic acids is 2. The highest BCUT2D eigenvalue weighted by molar-refractivity contribution is 5.89. The molecular formula is C22H23N5O2. The molecule has 1 aliphatic rings. The quantitative estimate of drug-likeness (QED) is 0.701. The van der Waals surface area contributed by atoms with Crippen LogP contribution in [-0.4, -0.2) is 37.8 Å². The minimum absolute atomic E-state index is 0.0250. The van der Waals surface area contributed by atoms with Crippen LogP contribution in [0.5, 0.6) is 0 Å². The molecule has 7 heteroatoms. The summed E-state index contributed by atoms with van der Waals surface area (Å²) >= 11 is 0. The number of aryl methyl sites for hydroxylation is 1. The van der Waals surface area contributed by atoms with Crippen molar-refractivity contribution >= 4 is 11.8 Å². The summed E-state index contributed by atoms with van der Waals surface area (Å²) < 4.78 is 1.81. The van der Waals surface area contributed by atoms with Crippen molar-refractivity contribution in [3.8, 4) is 5.82 Å². The van der Waals surface area contributed by atoms with Gasteiger partial charge in [-0.25, -0.2) is 9.97 Å². The number of hydrogen-bond donors (Lipinski definition) is 1. The van der Waals surface area contributed by atoms with Gasteiger partial charge in [0, 0.05) is 44.6 Å². The van der Waals surface area contributed by atoms with Crippen LogP contribution in [0, 0.1) is 12.8 Å². The standard InChI is InChI=1S/C22H23N5O2/c1-16-2-4-17(5-3-16)13-27-14-19(11-21(27)28)22(29)25-12-18-6-7-24-20(10-18)26-9-8-23-15-26/h2-10,15,19H,11-14H2,1H3,(H,25,29). The van der Waals surface area contributed by atoms with Crippen LogP contribution in [0.2, 0.25) is 0 Å². The molecule has 0 spiro atoms. The van der Waals surface area contributed by atoms with Crippen LogP contribution in [0.15, 0.2) is 61.3 Å². The zero-order valence-electron chi connectivity index (χ0n) is 16.3. The van der Waals surface area contributed by atoms with E-state index in [1.54, 1.807) is 23.6 Å². The van der Waals surface area contributed by atoms with Crippen molar-refractivity contribution in [3.63, 3.8) is 0 Å². The second-order valence-corrected chi connectivity index (χ2v) is 7.37. The van der Waals surface area contributed by atoms with Crippen molar-refractivity contribution in [3.05, 3.63) is 78.0 Å². The van der Waals surface area contributed by atoms with Gasteiger partial charge in [-0.2, -0.15) is 0 Å². The number of imidazole rings is 1. The second-order valence-electron chi connectivity index (χ2n) is 7.37. The third-order valence-corrected chi connectivity index (χ3v) is 5.12. The number of aromatic nitrogens is 3. The summed E-state index contributed by atoms with van der Waals surface area (Å²) in [7, 11) is 0. The predicted octanol–water partition coefficient (Wildman–Crippen LogP) is 2.24. The van der Waals surface area contributed by atoms with E-state index in [0.717, 1.165) is 16.9 Å². The molecule has 1 N–H and O–H groups in total. The minimum atomic E-state index is -0.317. The first-order valence-corrected chi connectivity index (χ1v) is 9.63. The van der Waals surface area contributed by atoms with Crippen molar-refractivity contribution < 1.29 is 9.59 Å². The zero-order valence-corrected chi connectivity index (χ0v) is 16.3. The SMILES string of the molecule is Cc1ccc(CN2CC(C(=O)NCc3ccnc(-n4ccnc4)c3)CC2=O)cc1. The second kappa shape index (κ2) is 8.26. The number of likely N-dealkylation sites (tertiary alicyclic amines) is 1. The highest BCUT2D eigenvalue weighted by atomic mass is 16.2. The first kappa shape index (κ1) is 18.9. The maximum atomic E-state index is 12.6. The zero-order chi connectivity index (χ0) is 20.2. The molecule has 1 aromatic carbocycles. The van der Waals surface area contributed by atoms with Crippen molar-refractivity contribution in [2.45, 2.75) is 26.4 Å². The lowest BCUT2D eigenvalue weighted by Gasteiger charge is -2.17. The molecule has 2 aromatic heterocycles. The molecule has 1 atom stereocenters. The van der Waals surface area contributed by atoms with E-state index in [1.165, 1.54) is 5.56 Å². The molecule has 0 bridgehead atoms. The maximum absolute atomic E-state index is 12.6. The minimum Gasteiger partial charge on any atom is -0.352 e. The summed E-state index contributed by atoms with van der Waals surface area (Å²) in [5, 5.41) is 2.96. The van der Waals surface area contributed by atoms with Crippen LogP contribution in [-0.2, 0) is 22.7 Å². The lowest BCUT2D eigenvalue weighted by Crippen LogP contribution is -2.32. The van der Waals surface area contributed by atoms with E-state index >= 15 is 0 Å². The van der Waals surface area contributed by atoms with Gasteiger partial charge in [0.15, 0.2) is 0 Å². The fourth-order valence-electron chi connectivity index (χ4n) is 3.45. The smallest absolute Gasteiger partial charge is 0.225 e. The average Bonchev–Trinajstić information content (AvgIpc) is 3.39. The summed E-state index contributed by atoms with van der Waals surface area (Å²) in [6, 6.07) is 11.9. The third-order valence-electron chi connectivity index (χ3n) is 5.12. The van der Waals surface area contributed by atoms with Crippen LogP contribution in [0.25, 0.3) is 5.82 Å². The van der Waals surface area contributed by atoms with Gasteiger partial charge >= 0.3 is 0 Å². The van der Waals surface area contributed by atoms with E-state index in [4.69, 9.17) is 0 Å². The van der Waals surface area contributed by atoms with Gasteiger partial charge in [0.05, 0.1) is 5.92 Å². The average molecular weight is 389 g/mol. The van der Waals surface area contributed by atoms with Crippen molar-refractivity contribution in [2.75, 3.05) is 6.54 Å². The van der Waals surface area contributed by atoms with E-state index < -0.39 is 0 Å². The normalized spacial score (nSPS) is 16.2. The monoisotopic (exact) mass is 389 g/mol. The Bertz CT molecular complexity index is 998. The number of rotatable bonds is 6. The molecule has 7 nitrogen and oxygen atoms in total. The Hall–Kier alpha value is -3.48. The molecule has 148 valence electrons. The molecule has 1 fully saturated rings. The Morgan fingerprint density at radius 2 is 2.00 bits per heavy atom. The van der Waals surface area contributed by atoms with Gasteiger partial charge < -0.3 is 10.2 Å². The fraction of sp³-hybridized carbons (Fsp3) is 0.273. The molecule has 0 aliphatic carbocycles. The van der Waals surface area contributed by atoms with Gasteiger partial charge in [-0.1, -0.05) is 29.8 Å². The Balaban J connectivity index is 1.33. The van der Waals surface area contributed by atoms with Gasteiger partial charge in [-0.15, -0.1) is 0 Å². The Labute approximate surface area is 169 Å². The van der Waals surface area contributed by atoms with Crippen LogP contribution in [0.4, 0.5) is 0 Å². The van der Waals surface area contributed by atoms with E-state index in [2.05, 4.69) is 15.3 Å². The molecule has 4 rings (SSSR count).